The number of nitrogens with one attached hydrogen (secondary N) is 1. The first-order valence-electron chi connectivity index (χ1n) is 7.69. The lowest BCUT2D eigenvalue weighted by Crippen LogP contribution is -2.45. The third-order valence-corrected chi connectivity index (χ3v) is 4.37. The van der Waals surface area contributed by atoms with E-state index in [1.807, 2.05) is 0 Å². The summed E-state index contributed by atoms with van der Waals surface area (Å²) < 4.78 is 11.2. The van der Waals surface area contributed by atoms with Crippen molar-refractivity contribution in [2.24, 2.45) is 5.92 Å². The predicted octanol–water partition coefficient (Wildman–Crippen LogP) is 1.52. The number of nitrogens with zero attached hydrogens (tertiary/aromatic N) is 3. The second kappa shape index (κ2) is 6.20. The summed E-state index contributed by atoms with van der Waals surface area (Å²) in [4.78, 5) is 7.06. The van der Waals surface area contributed by atoms with E-state index in [0.29, 0.717) is 11.8 Å². The van der Waals surface area contributed by atoms with E-state index in [4.69, 9.17) is 9.26 Å². The number of aromatic nitrogens is 2. The van der Waals surface area contributed by atoms with Crippen LogP contribution in [0.2, 0.25) is 0 Å². The van der Waals surface area contributed by atoms with E-state index in [9.17, 15) is 0 Å². The lowest BCUT2D eigenvalue weighted by molar-refractivity contribution is 0.0661. The average Bonchev–Trinajstić information content (AvgIpc) is 3.10. The van der Waals surface area contributed by atoms with Crippen LogP contribution in [0.4, 0.5) is 0 Å². The maximum atomic E-state index is 5.70. The molecular formula is C14H24N4O2. The van der Waals surface area contributed by atoms with Gasteiger partial charge in [0.2, 0.25) is 0 Å². The molecule has 0 aromatic carbocycles. The summed E-state index contributed by atoms with van der Waals surface area (Å²) in [5.74, 6) is 1.92. The van der Waals surface area contributed by atoms with Crippen LogP contribution in [-0.4, -0.2) is 47.8 Å². The molecule has 0 amide bonds. The van der Waals surface area contributed by atoms with Gasteiger partial charge in [-0.2, -0.15) is 4.98 Å². The molecule has 0 saturated carbocycles. The Hall–Kier alpha value is -0.980. The van der Waals surface area contributed by atoms with Crippen LogP contribution in [0.25, 0.3) is 0 Å². The van der Waals surface area contributed by atoms with E-state index >= 15 is 0 Å². The third-order valence-electron chi connectivity index (χ3n) is 4.37. The molecule has 3 heterocycles. The first kappa shape index (κ1) is 14.0. The third kappa shape index (κ3) is 2.73. The molecule has 2 fully saturated rings. The molecule has 6 nitrogen and oxygen atoms in total. The first-order chi connectivity index (χ1) is 9.79. The maximum Gasteiger partial charge on any atom is 0.256 e. The summed E-state index contributed by atoms with van der Waals surface area (Å²) in [7, 11) is 0. The highest BCUT2D eigenvalue weighted by Crippen LogP contribution is 2.34. The minimum atomic E-state index is -0.0169. The van der Waals surface area contributed by atoms with Gasteiger partial charge in [-0.25, -0.2) is 0 Å². The molecule has 20 heavy (non-hydrogen) atoms. The molecule has 3 rings (SSSR count). The number of ether oxygens (including phenoxy) is 1. The number of rotatable bonds is 4. The molecule has 1 aromatic rings. The molecule has 1 aromatic heterocycles. The van der Waals surface area contributed by atoms with Crippen LogP contribution >= 0.6 is 0 Å². The SMILES string of the molecule is CCC(c1noc(C2OCCC2C)n1)N1CCNCC1. The Bertz CT molecular complexity index is 431. The van der Waals surface area contributed by atoms with Gasteiger partial charge in [0.25, 0.3) is 5.89 Å². The largest absolute Gasteiger partial charge is 0.368 e. The van der Waals surface area contributed by atoms with Gasteiger partial charge in [-0.05, 0) is 18.8 Å². The molecule has 0 radical (unpaired) electrons. The van der Waals surface area contributed by atoms with Gasteiger partial charge in [0.05, 0.1) is 6.04 Å². The Morgan fingerprint density at radius 2 is 2.20 bits per heavy atom. The number of hydrogen-bond acceptors (Lipinski definition) is 6. The summed E-state index contributed by atoms with van der Waals surface area (Å²) in [6.45, 7) is 9.29. The van der Waals surface area contributed by atoms with Gasteiger partial charge < -0.3 is 14.6 Å². The van der Waals surface area contributed by atoms with E-state index in [-0.39, 0.29) is 12.1 Å². The van der Waals surface area contributed by atoms with Gasteiger partial charge in [0.1, 0.15) is 6.10 Å². The van der Waals surface area contributed by atoms with Gasteiger partial charge in [-0.1, -0.05) is 19.0 Å². The first-order valence-corrected chi connectivity index (χ1v) is 7.69. The van der Waals surface area contributed by atoms with Gasteiger partial charge >= 0.3 is 0 Å². The molecule has 1 N–H and O–H groups in total. The fraction of sp³-hybridized carbons (Fsp3) is 0.857. The zero-order valence-corrected chi connectivity index (χ0v) is 12.3. The van der Waals surface area contributed by atoms with Crippen molar-refractivity contribution in [2.75, 3.05) is 32.8 Å². The monoisotopic (exact) mass is 280 g/mol. The van der Waals surface area contributed by atoms with Crippen LogP contribution in [0.3, 0.4) is 0 Å². The summed E-state index contributed by atoms with van der Waals surface area (Å²) in [5.41, 5.74) is 0. The van der Waals surface area contributed by atoms with Gasteiger partial charge in [-0.3, -0.25) is 4.90 Å². The molecule has 0 bridgehead atoms. The second-order valence-electron chi connectivity index (χ2n) is 5.76. The molecular weight excluding hydrogens is 256 g/mol. The number of hydrogen-bond donors (Lipinski definition) is 1. The van der Waals surface area contributed by atoms with E-state index < -0.39 is 0 Å². The standard InChI is InChI=1S/C14H24N4O2/c1-3-11(18-7-5-15-6-8-18)13-16-14(20-17-13)12-10(2)4-9-19-12/h10-12,15H,3-9H2,1-2H3. The van der Waals surface area contributed by atoms with Gasteiger partial charge in [0, 0.05) is 32.8 Å². The zero-order valence-electron chi connectivity index (χ0n) is 12.3. The highest BCUT2D eigenvalue weighted by Gasteiger charge is 2.32. The fourth-order valence-corrected chi connectivity index (χ4v) is 3.11. The Morgan fingerprint density at radius 3 is 2.85 bits per heavy atom. The molecule has 0 aliphatic carbocycles. The van der Waals surface area contributed by atoms with Crippen LogP contribution in [-0.2, 0) is 4.74 Å². The smallest absolute Gasteiger partial charge is 0.256 e. The number of piperazine rings is 1. The normalized spacial score (nSPS) is 29.7. The maximum absolute atomic E-state index is 5.70. The van der Waals surface area contributed by atoms with Crippen molar-refractivity contribution in [1.29, 1.82) is 0 Å². The highest BCUT2D eigenvalue weighted by molar-refractivity contribution is 4.99. The Kier molecular flexibility index (Phi) is 4.33. The topological polar surface area (TPSA) is 63.4 Å². The lowest BCUT2D eigenvalue weighted by Gasteiger charge is -2.32. The van der Waals surface area contributed by atoms with Gasteiger partial charge in [0.15, 0.2) is 5.82 Å². The van der Waals surface area contributed by atoms with Crippen LogP contribution in [0.1, 0.15) is 50.6 Å². The zero-order chi connectivity index (χ0) is 13.9. The van der Waals surface area contributed by atoms with Crippen LogP contribution in [0.5, 0.6) is 0 Å². The molecule has 2 aliphatic heterocycles. The molecule has 3 unspecified atom stereocenters. The predicted molar refractivity (Wildman–Crippen MR) is 74.2 cm³/mol. The second-order valence-corrected chi connectivity index (χ2v) is 5.76. The van der Waals surface area contributed by atoms with Crippen molar-refractivity contribution < 1.29 is 9.26 Å². The van der Waals surface area contributed by atoms with Crippen molar-refractivity contribution in [2.45, 2.75) is 38.8 Å². The Balaban J connectivity index is 1.73. The van der Waals surface area contributed by atoms with Crippen molar-refractivity contribution in [3.63, 3.8) is 0 Å². The summed E-state index contributed by atoms with van der Waals surface area (Å²) in [6, 6.07) is 0.256. The van der Waals surface area contributed by atoms with E-state index in [2.05, 4.69) is 34.2 Å². The van der Waals surface area contributed by atoms with Crippen molar-refractivity contribution in [1.82, 2.24) is 20.4 Å². The Labute approximate surface area is 119 Å². The van der Waals surface area contributed by atoms with E-state index in [1.165, 1.54) is 0 Å². The minimum Gasteiger partial charge on any atom is -0.368 e. The molecule has 6 heteroatoms. The van der Waals surface area contributed by atoms with Crippen LogP contribution in [0, 0.1) is 5.92 Å². The lowest BCUT2D eigenvalue weighted by atomic mass is 10.0. The summed E-state index contributed by atoms with van der Waals surface area (Å²) in [5, 5.41) is 7.59. The highest BCUT2D eigenvalue weighted by atomic mass is 16.5. The van der Waals surface area contributed by atoms with Crippen LogP contribution < -0.4 is 5.32 Å². The van der Waals surface area contributed by atoms with Crippen molar-refractivity contribution in [3.05, 3.63) is 11.7 Å². The van der Waals surface area contributed by atoms with Crippen molar-refractivity contribution in [3.8, 4) is 0 Å². The quantitative estimate of drug-likeness (QED) is 0.902. The molecule has 112 valence electrons. The van der Waals surface area contributed by atoms with Gasteiger partial charge in [-0.15, -0.1) is 0 Å². The molecule has 2 saturated heterocycles. The fourth-order valence-electron chi connectivity index (χ4n) is 3.11. The average molecular weight is 280 g/mol. The Morgan fingerprint density at radius 1 is 1.40 bits per heavy atom. The molecule has 3 atom stereocenters. The molecule has 2 aliphatic rings. The van der Waals surface area contributed by atoms with E-state index in [0.717, 1.165) is 51.5 Å². The van der Waals surface area contributed by atoms with Crippen molar-refractivity contribution >= 4 is 0 Å². The van der Waals surface area contributed by atoms with E-state index in [1.54, 1.807) is 0 Å². The summed E-state index contributed by atoms with van der Waals surface area (Å²) >= 11 is 0. The van der Waals surface area contributed by atoms with Crippen LogP contribution in [0.15, 0.2) is 4.52 Å². The summed E-state index contributed by atoms with van der Waals surface area (Å²) in [6.07, 6.45) is 2.05. The minimum absolute atomic E-state index is 0.0169. The molecule has 0 spiro atoms.